The van der Waals surface area contributed by atoms with E-state index in [2.05, 4.69) is 11.9 Å². The Morgan fingerprint density at radius 2 is 1.86 bits per heavy atom. The number of pyridine rings is 1. The molecule has 4 heteroatoms. The summed E-state index contributed by atoms with van der Waals surface area (Å²) in [7, 11) is 1.68. The van der Waals surface area contributed by atoms with Gasteiger partial charge < -0.3 is 9.88 Å². The average Bonchev–Trinajstić information content (AvgIpc) is 2.55. The van der Waals surface area contributed by atoms with Crippen molar-refractivity contribution in [3.05, 3.63) is 63.6 Å². The van der Waals surface area contributed by atoms with Crippen LogP contribution in [0.2, 0.25) is 0 Å². The van der Waals surface area contributed by atoms with E-state index < -0.39 is 0 Å². The van der Waals surface area contributed by atoms with Crippen LogP contribution in [0.1, 0.15) is 41.9 Å². The molecular formula is C18H22N2O2. The van der Waals surface area contributed by atoms with Crippen LogP contribution in [0.4, 0.5) is 5.69 Å². The van der Waals surface area contributed by atoms with Gasteiger partial charge in [-0.2, -0.15) is 0 Å². The number of aromatic nitrogens is 1. The van der Waals surface area contributed by atoms with Gasteiger partial charge in [-0.05, 0) is 36.6 Å². The fraction of sp³-hybridized carbons (Fsp3) is 0.333. The van der Waals surface area contributed by atoms with Crippen LogP contribution in [0.3, 0.4) is 0 Å². The number of anilines is 1. The minimum absolute atomic E-state index is 0.197. The molecule has 1 aromatic carbocycles. The maximum absolute atomic E-state index is 12.6. The van der Waals surface area contributed by atoms with E-state index in [1.807, 2.05) is 37.3 Å². The zero-order valence-electron chi connectivity index (χ0n) is 13.3. The van der Waals surface area contributed by atoms with Gasteiger partial charge in [0.2, 0.25) is 0 Å². The molecule has 0 atom stereocenters. The van der Waals surface area contributed by atoms with Crippen molar-refractivity contribution in [2.24, 2.45) is 0 Å². The van der Waals surface area contributed by atoms with Crippen molar-refractivity contribution in [3.63, 3.8) is 0 Å². The molecule has 0 saturated heterocycles. The largest absolute Gasteiger partial charge is 0.325 e. The first-order valence-electron chi connectivity index (χ1n) is 7.66. The number of amides is 1. The fourth-order valence-electron chi connectivity index (χ4n) is 2.51. The van der Waals surface area contributed by atoms with E-state index >= 15 is 0 Å². The summed E-state index contributed by atoms with van der Waals surface area (Å²) in [6.07, 6.45) is 2.57. The van der Waals surface area contributed by atoms with Crippen molar-refractivity contribution in [1.29, 1.82) is 0 Å². The normalized spacial score (nSPS) is 10.5. The molecule has 1 amide bonds. The molecule has 0 spiro atoms. The summed E-state index contributed by atoms with van der Waals surface area (Å²) in [4.78, 5) is 29.3. The van der Waals surface area contributed by atoms with Crippen LogP contribution in [0.15, 0.2) is 41.2 Å². The first kappa shape index (κ1) is 16.0. The molecule has 0 bridgehead atoms. The van der Waals surface area contributed by atoms with Gasteiger partial charge in [-0.25, -0.2) is 0 Å². The molecule has 1 N–H and O–H groups in total. The van der Waals surface area contributed by atoms with Gasteiger partial charge in [0, 0.05) is 18.4 Å². The molecule has 1 heterocycles. The van der Waals surface area contributed by atoms with Crippen LogP contribution in [-0.2, 0) is 12.8 Å². The van der Waals surface area contributed by atoms with Crippen LogP contribution in [0.25, 0.3) is 0 Å². The summed E-state index contributed by atoms with van der Waals surface area (Å²) >= 11 is 0. The number of aromatic amines is 1. The Labute approximate surface area is 130 Å². The van der Waals surface area contributed by atoms with Crippen molar-refractivity contribution < 1.29 is 4.79 Å². The molecule has 0 aliphatic rings. The second-order valence-electron chi connectivity index (χ2n) is 5.32. The van der Waals surface area contributed by atoms with Crippen molar-refractivity contribution in [2.75, 3.05) is 11.9 Å². The SMILES string of the molecule is CCCc1[nH]c(=O)c(C(=O)N(C)c2ccccc2)cc1CC. The predicted molar refractivity (Wildman–Crippen MR) is 89.6 cm³/mol. The number of nitrogens with zero attached hydrogens (tertiary/aromatic N) is 1. The van der Waals surface area contributed by atoms with Crippen molar-refractivity contribution in [3.8, 4) is 0 Å². The van der Waals surface area contributed by atoms with E-state index in [0.717, 1.165) is 36.2 Å². The minimum Gasteiger partial charge on any atom is -0.325 e. The van der Waals surface area contributed by atoms with Gasteiger partial charge >= 0.3 is 0 Å². The monoisotopic (exact) mass is 298 g/mol. The summed E-state index contributed by atoms with van der Waals surface area (Å²) in [5.41, 5.74) is 2.62. The molecule has 22 heavy (non-hydrogen) atoms. The van der Waals surface area contributed by atoms with Gasteiger partial charge in [0.15, 0.2) is 0 Å². The van der Waals surface area contributed by atoms with E-state index in [0.29, 0.717) is 0 Å². The Balaban J connectivity index is 2.40. The number of rotatable bonds is 5. The number of benzene rings is 1. The Bertz CT molecular complexity index is 705. The molecular weight excluding hydrogens is 276 g/mol. The lowest BCUT2D eigenvalue weighted by atomic mass is 10.0. The standard InChI is InChI=1S/C18H22N2O2/c1-4-9-16-13(5-2)12-15(17(21)19-16)18(22)20(3)14-10-7-6-8-11-14/h6-8,10-12H,4-5,9H2,1-3H3,(H,19,21). The summed E-state index contributed by atoms with van der Waals surface area (Å²) in [5, 5.41) is 0. The third-order valence-electron chi connectivity index (χ3n) is 3.77. The summed E-state index contributed by atoms with van der Waals surface area (Å²) in [6, 6.07) is 11.1. The van der Waals surface area contributed by atoms with Gasteiger partial charge in [-0.15, -0.1) is 0 Å². The lowest BCUT2D eigenvalue weighted by molar-refractivity contribution is 0.0991. The van der Waals surface area contributed by atoms with Crippen molar-refractivity contribution in [2.45, 2.75) is 33.1 Å². The molecule has 2 rings (SSSR count). The van der Waals surface area contributed by atoms with Crippen molar-refractivity contribution >= 4 is 11.6 Å². The second kappa shape index (κ2) is 7.07. The third-order valence-corrected chi connectivity index (χ3v) is 3.77. The molecule has 116 valence electrons. The minimum atomic E-state index is -0.312. The van der Waals surface area contributed by atoms with Gasteiger partial charge in [-0.3, -0.25) is 9.59 Å². The van der Waals surface area contributed by atoms with E-state index in [4.69, 9.17) is 0 Å². The van der Waals surface area contributed by atoms with Gasteiger partial charge in [0.25, 0.3) is 11.5 Å². The van der Waals surface area contributed by atoms with Crippen LogP contribution >= 0.6 is 0 Å². The van der Waals surface area contributed by atoms with E-state index in [1.54, 1.807) is 13.1 Å². The van der Waals surface area contributed by atoms with E-state index in [1.165, 1.54) is 4.90 Å². The van der Waals surface area contributed by atoms with Gasteiger partial charge in [0.1, 0.15) is 5.56 Å². The molecule has 4 nitrogen and oxygen atoms in total. The molecule has 0 unspecified atom stereocenters. The molecule has 0 aliphatic carbocycles. The smallest absolute Gasteiger partial charge is 0.263 e. The molecule has 0 aliphatic heterocycles. The second-order valence-corrected chi connectivity index (χ2v) is 5.32. The maximum atomic E-state index is 12.6. The Hall–Kier alpha value is -2.36. The molecule has 0 saturated carbocycles. The zero-order chi connectivity index (χ0) is 16.1. The lowest BCUT2D eigenvalue weighted by Gasteiger charge is -2.18. The summed E-state index contributed by atoms with van der Waals surface area (Å²) in [5.74, 6) is -0.287. The molecule has 0 radical (unpaired) electrons. The predicted octanol–water partition coefficient (Wildman–Crippen LogP) is 3.17. The summed E-state index contributed by atoms with van der Waals surface area (Å²) < 4.78 is 0. The quantitative estimate of drug-likeness (QED) is 0.922. The van der Waals surface area contributed by atoms with Crippen LogP contribution in [0, 0.1) is 0 Å². The Kier molecular flexibility index (Phi) is 5.15. The number of nitrogens with one attached hydrogen (secondary N) is 1. The molecule has 0 fully saturated rings. The Morgan fingerprint density at radius 3 is 2.45 bits per heavy atom. The first-order valence-corrected chi connectivity index (χ1v) is 7.66. The Morgan fingerprint density at radius 1 is 1.18 bits per heavy atom. The topological polar surface area (TPSA) is 53.2 Å². The molecule has 2 aromatic rings. The number of para-hydroxylation sites is 1. The number of carbonyl (C=O) groups is 1. The fourth-order valence-corrected chi connectivity index (χ4v) is 2.51. The molecule has 1 aromatic heterocycles. The highest BCUT2D eigenvalue weighted by molar-refractivity contribution is 6.05. The zero-order valence-corrected chi connectivity index (χ0v) is 13.3. The van der Waals surface area contributed by atoms with Gasteiger partial charge in [-0.1, -0.05) is 38.5 Å². The first-order chi connectivity index (χ1) is 10.6. The van der Waals surface area contributed by atoms with Crippen LogP contribution in [0.5, 0.6) is 0 Å². The number of carbonyl (C=O) groups excluding carboxylic acids is 1. The highest BCUT2D eigenvalue weighted by Gasteiger charge is 2.18. The highest BCUT2D eigenvalue weighted by atomic mass is 16.2. The summed E-state index contributed by atoms with van der Waals surface area (Å²) in [6.45, 7) is 4.10. The highest BCUT2D eigenvalue weighted by Crippen LogP contribution is 2.15. The number of hydrogen-bond donors (Lipinski definition) is 1. The van der Waals surface area contributed by atoms with Crippen LogP contribution < -0.4 is 10.5 Å². The number of H-pyrrole nitrogens is 1. The van der Waals surface area contributed by atoms with Crippen molar-refractivity contribution in [1.82, 2.24) is 4.98 Å². The van der Waals surface area contributed by atoms with Crippen LogP contribution in [-0.4, -0.2) is 17.9 Å². The average molecular weight is 298 g/mol. The van der Waals surface area contributed by atoms with E-state index in [-0.39, 0.29) is 17.0 Å². The number of aryl methyl sites for hydroxylation is 2. The lowest BCUT2D eigenvalue weighted by Crippen LogP contribution is -2.32. The number of hydrogen-bond acceptors (Lipinski definition) is 2. The third kappa shape index (κ3) is 3.27. The van der Waals surface area contributed by atoms with Gasteiger partial charge in [0.05, 0.1) is 0 Å². The maximum Gasteiger partial charge on any atom is 0.263 e. The van der Waals surface area contributed by atoms with E-state index in [9.17, 15) is 9.59 Å².